The van der Waals surface area contributed by atoms with Gasteiger partial charge in [0, 0.05) is 31.5 Å². The standard InChI is InChI=1S/C15H15BrFN3/c16-15-12-9-18-7-6-13(12)19-14(20-15)5-4-10-2-1-3-11(17)8-10/h1-3,8,18H,4-7,9H2. The monoisotopic (exact) mass is 335 g/mol. The minimum Gasteiger partial charge on any atom is -0.312 e. The minimum atomic E-state index is -0.193. The molecule has 1 aromatic heterocycles. The molecule has 0 spiro atoms. The Kier molecular flexibility index (Phi) is 4.08. The summed E-state index contributed by atoms with van der Waals surface area (Å²) >= 11 is 3.52. The quantitative estimate of drug-likeness (QED) is 0.876. The van der Waals surface area contributed by atoms with Crippen molar-refractivity contribution in [3.63, 3.8) is 0 Å². The molecule has 104 valence electrons. The van der Waals surface area contributed by atoms with Crippen LogP contribution < -0.4 is 5.32 Å². The molecule has 1 N–H and O–H groups in total. The van der Waals surface area contributed by atoms with Crippen molar-refractivity contribution < 1.29 is 4.39 Å². The van der Waals surface area contributed by atoms with Crippen molar-refractivity contribution in [2.75, 3.05) is 6.54 Å². The second kappa shape index (κ2) is 5.97. The maximum Gasteiger partial charge on any atom is 0.130 e. The number of fused-ring (bicyclic) bond motifs is 1. The first-order valence-corrected chi connectivity index (χ1v) is 7.51. The Bertz CT molecular complexity index is 631. The Hall–Kier alpha value is -1.33. The van der Waals surface area contributed by atoms with Crippen LogP contribution in [0.15, 0.2) is 28.9 Å². The van der Waals surface area contributed by atoms with Crippen LogP contribution in [-0.2, 0) is 25.8 Å². The van der Waals surface area contributed by atoms with Crippen molar-refractivity contribution in [2.45, 2.75) is 25.8 Å². The molecule has 1 aliphatic heterocycles. The predicted octanol–water partition coefficient (Wildman–Crippen LogP) is 2.81. The first kappa shape index (κ1) is 13.6. The average Bonchev–Trinajstić information content (AvgIpc) is 2.45. The van der Waals surface area contributed by atoms with Crippen molar-refractivity contribution in [2.24, 2.45) is 0 Å². The van der Waals surface area contributed by atoms with Crippen LogP contribution in [0.5, 0.6) is 0 Å². The zero-order valence-corrected chi connectivity index (χ0v) is 12.6. The summed E-state index contributed by atoms with van der Waals surface area (Å²) in [7, 11) is 0. The molecular weight excluding hydrogens is 321 g/mol. The number of nitrogens with one attached hydrogen (secondary N) is 1. The van der Waals surface area contributed by atoms with Crippen LogP contribution in [-0.4, -0.2) is 16.5 Å². The van der Waals surface area contributed by atoms with Gasteiger partial charge in [0.05, 0.1) is 5.69 Å². The van der Waals surface area contributed by atoms with Crippen molar-refractivity contribution in [3.8, 4) is 0 Å². The first-order valence-electron chi connectivity index (χ1n) is 6.72. The van der Waals surface area contributed by atoms with E-state index < -0.39 is 0 Å². The van der Waals surface area contributed by atoms with Gasteiger partial charge in [-0.25, -0.2) is 14.4 Å². The smallest absolute Gasteiger partial charge is 0.130 e. The highest BCUT2D eigenvalue weighted by molar-refractivity contribution is 9.10. The van der Waals surface area contributed by atoms with Gasteiger partial charge in [0.2, 0.25) is 0 Å². The molecule has 0 bridgehead atoms. The number of hydrogen-bond donors (Lipinski definition) is 1. The number of benzene rings is 1. The number of aromatic nitrogens is 2. The first-order chi connectivity index (χ1) is 9.72. The van der Waals surface area contributed by atoms with Crippen molar-refractivity contribution in [1.29, 1.82) is 0 Å². The van der Waals surface area contributed by atoms with Crippen LogP contribution in [0.25, 0.3) is 0 Å². The molecule has 1 aromatic carbocycles. The van der Waals surface area contributed by atoms with Crippen molar-refractivity contribution in [1.82, 2.24) is 15.3 Å². The maximum atomic E-state index is 13.1. The molecule has 5 heteroatoms. The molecule has 0 saturated heterocycles. The molecule has 0 amide bonds. The van der Waals surface area contributed by atoms with E-state index in [1.807, 2.05) is 6.07 Å². The van der Waals surface area contributed by atoms with Gasteiger partial charge < -0.3 is 5.32 Å². The molecule has 0 fully saturated rings. The van der Waals surface area contributed by atoms with Gasteiger partial charge in [-0.2, -0.15) is 0 Å². The second-order valence-corrected chi connectivity index (χ2v) is 5.66. The lowest BCUT2D eigenvalue weighted by atomic mass is 10.1. The maximum absolute atomic E-state index is 13.1. The summed E-state index contributed by atoms with van der Waals surface area (Å²) in [4.78, 5) is 9.13. The fraction of sp³-hybridized carbons (Fsp3) is 0.333. The summed E-state index contributed by atoms with van der Waals surface area (Å²) < 4.78 is 14.0. The fourth-order valence-electron chi connectivity index (χ4n) is 2.41. The highest BCUT2D eigenvalue weighted by atomic mass is 79.9. The molecule has 0 saturated carbocycles. The summed E-state index contributed by atoms with van der Waals surface area (Å²) in [6, 6.07) is 6.69. The van der Waals surface area contributed by atoms with Crippen molar-refractivity contribution >= 4 is 15.9 Å². The average molecular weight is 336 g/mol. The van der Waals surface area contributed by atoms with Crippen LogP contribution in [0, 0.1) is 5.82 Å². The minimum absolute atomic E-state index is 0.193. The lowest BCUT2D eigenvalue weighted by Gasteiger charge is -2.17. The third-order valence-electron chi connectivity index (χ3n) is 3.46. The molecule has 2 aromatic rings. The largest absolute Gasteiger partial charge is 0.312 e. The van der Waals surface area contributed by atoms with Gasteiger partial charge in [-0.1, -0.05) is 12.1 Å². The summed E-state index contributed by atoms with van der Waals surface area (Å²) in [5, 5.41) is 3.31. The summed E-state index contributed by atoms with van der Waals surface area (Å²) in [5.74, 6) is 0.628. The fourth-order valence-corrected chi connectivity index (χ4v) is 2.98. The highest BCUT2D eigenvalue weighted by Crippen LogP contribution is 2.21. The summed E-state index contributed by atoms with van der Waals surface area (Å²) in [6.45, 7) is 1.78. The predicted molar refractivity (Wildman–Crippen MR) is 79.0 cm³/mol. The molecule has 2 heterocycles. The van der Waals surface area contributed by atoms with E-state index in [1.54, 1.807) is 12.1 Å². The molecule has 1 aliphatic rings. The number of nitrogens with zero attached hydrogens (tertiary/aromatic N) is 2. The van der Waals surface area contributed by atoms with Gasteiger partial charge in [-0.15, -0.1) is 0 Å². The van der Waals surface area contributed by atoms with E-state index in [9.17, 15) is 4.39 Å². The van der Waals surface area contributed by atoms with Gasteiger partial charge in [0.15, 0.2) is 0 Å². The van der Waals surface area contributed by atoms with Gasteiger partial charge in [0.25, 0.3) is 0 Å². The van der Waals surface area contributed by atoms with E-state index in [0.29, 0.717) is 0 Å². The normalized spacial score (nSPS) is 14.1. The van der Waals surface area contributed by atoms with Crippen LogP contribution in [0.1, 0.15) is 22.6 Å². The molecule has 3 rings (SSSR count). The van der Waals surface area contributed by atoms with E-state index in [2.05, 4.69) is 31.2 Å². The zero-order chi connectivity index (χ0) is 13.9. The Morgan fingerprint density at radius 3 is 3.00 bits per heavy atom. The number of aryl methyl sites for hydroxylation is 2. The van der Waals surface area contributed by atoms with E-state index in [0.717, 1.165) is 59.6 Å². The molecule has 0 unspecified atom stereocenters. The van der Waals surface area contributed by atoms with Crippen molar-refractivity contribution in [3.05, 3.63) is 57.3 Å². The SMILES string of the molecule is Fc1cccc(CCc2nc(Br)c3c(n2)CCNC3)c1. The molecule has 0 radical (unpaired) electrons. The molecule has 20 heavy (non-hydrogen) atoms. The van der Waals surface area contributed by atoms with E-state index in [-0.39, 0.29) is 5.82 Å². The number of halogens is 2. The Morgan fingerprint density at radius 2 is 2.15 bits per heavy atom. The van der Waals surface area contributed by atoms with Crippen LogP contribution >= 0.6 is 15.9 Å². The zero-order valence-electron chi connectivity index (χ0n) is 11.0. The van der Waals surface area contributed by atoms with Crippen LogP contribution in [0.2, 0.25) is 0 Å². The topological polar surface area (TPSA) is 37.8 Å². The van der Waals surface area contributed by atoms with Crippen LogP contribution in [0.3, 0.4) is 0 Å². The molecule has 0 aliphatic carbocycles. The van der Waals surface area contributed by atoms with Gasteiger partial charge in [-0.3, -0.25) is 0 Å². The van der Waals surface area contributed by atoms with Gasteiger partial charge >= 0.3 is 0 Å². The molecular formula is C15H15BrFN3. The van der Waals surface area contributed by atoms with E-state index in [1.165, 1.54) is 6.07 Å². The van der Waals surface area contributed by atoms with E-state index in [4.69, 9.17) is 0 Å². The van der Waals surface area contributed by atoms with E-state index >= 15 is 0 Å². The highest BCUT2D eigenvalue weighted by Gasteiger charge is 2.15. The summed E-state index contributed by atoms with van der Waals surface area (Å²) in [6.07, 6.45) is 2.41. The van der Waals surface area contributed by atoms with Crippen LogP contribution in [0.4, 0.5) is 4.39 Å². The lowest BCUT2D eigenvalue weighted by Crippen LogP contribution is -2.26. The molecule has 3 nitrogen and oxygen atoms in total. The third kappa shape index (κ3) is 3.04. The number of rotatable bonds is 3. The lowest BCUT2D eigenvalue weighted by molar-refractivity contribution is 0.613. The second-order valence-electron chi connectivity index (χ2n) is 4.91. The Labute approximate surface area is 125 Å². The Morgan fingerprint density at radius 1 is 1.25 bits per heavy atom. The Balaban J connectivity index is 1.76. The van der Waals surface area contributed by atoms with Gasteiger partial charge in [-0.05, 0) is 40.0 Å². The van der Waals surface area contributed by atoms with Gasteiger partial charge in [0.1, 0.15) is 16.2 Å². The summed E-state index contributed by atoms with van der Waals surface area (Å²) in [5.41, 5.74) is 3.26. The third-order valence-corrected chi connectivity index (χ3v) is 4.11. The molecule has 0 atom stereocenters. The number of hydrogen-bond acceptors (Lipinski definition) is 3.